The fourth-order valence-electron chi connectivity index (χ4n) is 2.95. The number of hydrogen-bond acceptors (Lipinski definition) is 7. The maximum atomic E-state index is 13.7. The molecule has 0 saturated heterocycles. The summed E-state index contributed by atoms with van der Waals surface area (Å²) in [6.45, 7) is -0.663. The van der Waals surface area contributed by atoms with Gasteiger partial charge in [0.25, 0.3) is 11.6 Å². The Hall–Kier alpha value is -4.94. The van der Waals surface area contributed by atoms with Gasteiger partial charge in [-0.05, 0) is 24.3 Å². The third-order valence-corrected chi connectivity index (χ3v) is 4.55. The van der Waals surface area contributed by atoms with Gasteiger partial charge < -0.3 is 19.2 Å². The van der Waals surface area contributed by atoms with Crippen molar-refractivity contribution in [2.45, 2.75) is 6.61 Å². The van der Waals surface area contributed by atoms with Crippen LogP contribution in [0.1, 0.15) is 16.3 Å². The van der Waals surface area contributed by atoms with Crippen molar-refractivity contribution in [2.75, 3.05) is 5.32 Å². The maximum Gasteiger partial charge on any atom is 0.291 e. The average Bonchev–Trinajstić information content (AvgIpc) is 3.32. The van der Waals surface area contributed by atoms with Gasteiger partial charge in [0.05, 0.1) is 22.9 Å². The number of anilines is 1. The third-order valence-electron chi connectivity index (χ3n) is 4.55. The molecule has 2 heterocycles. The molecule has 13 heteroatoms. The number of pyridine rings is 1. The number of nitrogens with one attached hydrogen (secondary N) is 1. The van der Waals surface area contributed by atoms with E-state index in [0.29, 0.717) is 5.75 Å². The van der Waals surface area contributed by atoms with E-state index in [4.69, 9.17) is 13.9 Å². The Morgan fingerprint density at radius 2 is 1.78 bits per heavy atom. The van der Waals surface area contributed by atoms with E-state index in [2.05, 4.69) is 10.3 Å². The van der Waals surface area contributed by atoms with Crippen LogP contribution in [0, 0.1) is 33.4 Å². The van der Waals surface area contributed by atoms with Gasteiger partial charge in [0, 0.05) is 24.4 Å². The van der Waals surface area contributed by atoms with E-state index in [1.807, 2.05) is 0 Å². The van der Waals surface area contributed by atoms with E-state index >= 15 is 0 Å². The first kappa shape index (κ1) is 24.2. The number of ether oxygens (including phenoxy) is 2. The number of aromatic nitrogens is 1. The van der Waals surface area contributed by atoms with Gasteiger partial charge in [0.2, 0.25) is 11.6 Å². The molecule has 2 aromatic heterocycles. The maximum absolute atomic E-state index is 13.7. The lowest BCUT2D eigenvalue weighted by atomic mass is 10.2. The minimum Gasteiger partial charge on any atom is -0.479 e. The number of non-ortho nitro benzene ring substituents is 1. The highest BCUT2D eigenvalue weighted by Crippen LogP contribution is 2.30. The van der Waals surface area contributed by atoms with Gasteiger partial charge in [-0.15, -0.1) is 0 Å². The van der Waals surface area contributed by atoms with Crippen LogP contribution in [0.15, 0.2) is 65.3 Å². The molecule has 0 fully saturated rings. The molecule has 9 nitrogen and oxygen atoms in total. The molecule has 0 saturated carbocycles. The number of furan rings is 1. The first-order valence-corrected chi connectivity index (χ1v) is 9.94. The summed E-state index contributed by atoms with van der Waals surface area (Å²) >= 11 is 0. The van der Waals surface area contributed by atoms with Crippen molar-refractivity contribution in [1.29, 1.82) is 0 Å². The second-order valence-corrected chi connectivity index (χ2v) is 7.07. The smallest absolute Gasteiger partial charge is 0.291 e. The number of nitro benzene ring substituents is 1. The average molecular weight is 503 g/mol. The number of nitro groups is 1. The molecule has 2 aromatic carbocycles. The zero-order valence-electron chi connectivity index (χ0n) is 17.8. The monoisotopic (exact) mass is 503 g/mol. The largest absolute Gasteiger partial charge is 0.479 e. The lowest BCUT2D eigenvalue weighted by Crippen LogP contribution is -2.11. The number of rotatable bonds is 8. The fourth-order valence-corrected chi connectivity index (χ4v) is 2.95. The third kappa shape index (κ3) is 5.41. The van der Waals surface area contributed by atoms with E-state index in [0.717, 1.165) is 12.1 Å². The number of halogens is 4. The fraction of sp³-hybridized carbons (Fsp3) is 0.0435. The Labute approximate surface area is 199 Å². The zero-order chi connectivity index (χ0) is 25.8. The molecular formula is C23H13F4N3O6. The Morgan fingerprint density at radius 1 is 1.03 bits per heavy atom. The van der Waals surface area contributed by atoms with Crippen molar-refractivity contribution in [3.63, 3.8) is 0 Å². The molecule has 0 aliphatic heterocycles. The second-order valence-electron chi connectivity index (χ2n) is 7.07. The van der Waals surface area contributed by atoms with Crippen molar-refractivity contribution in [3.8, 4) is 17.2 Å². The van der Waals surface area contributed by atoms with Gasteiger partial charge in [-0.25, -0.2) is 8.78 Å². The SMILES string of the molecule is O=C(Nc1cc(Oc2cccnc2)cc([N+](=O)[O-])c1)c1ccc(COc2c(F)c(F)cc(F)c2F)o1. The highest BCUT2D eigenvalue weighted by molar-refractivity contribution is 6.02. The summed E-state index contributed by atoms with van der Waals surface area (Å²) < 4.78 is 69.6. The normalized spacial score (nSPS) is 10.7. The minimum atomic E-state index is -1.73. The molecule has 1 amide bonds. The van der Waals surface area contributed by atoms with Crippen LogP contribution in [0.25, 0.3) is 0 Å². The van der Waals surface area contributed by atoms with Gasteiger partial charge in [-0.1, -0.05) is 0 Å². The van der Waals surface area contributed by atoms with E-state index < -0.39 is 46.5 Å². The van der Waals surface area contributed by atoms with Gasteiger partial charge in [0.1, 0.15) is 23.9 Å². The molecular weight excluding hydrogens is 490 g/mol. The molecule has 0 radical (unpaired) electrons. The van der Waals surface area contributed by atoms with Crippen LogP contribution in [0.4, 0.5) is 28.9 Å². The summed E-state index contributed by atoms with van der Waals surface area (Å²) in [6.07, 6.45) is 2.90. The van der Waals surface area contributed by atoms with E-state index in [1.165, 1.54) is 30.6 Å². The molecule has 0 bridgehead atoms. The molecule has 0 unspecified atom stereocenters. The first-order valence-electron chi connectivity index (χ1n) is 9.94. The van der Waals surface area contributed by atoms with Gasteiger partial charge in [0.15, 0.2) is 23.1 Å². The van der Waals surface area contributed by atoms with Crippen LogP contribution in [0.5, 0.6) is 17.2 Å². The summed E-state index contributed by atoms with van der Waals surface area (Å²) in [6, 6.07) is 9.20. The predicted octanol–water partition coefficient (Wildman–Crippen LogP) is 5.76. The topological polar surface area (TPSA) is 117 Å². The number of carbonyl (C=O) groups excluding carboxylic acids is 1. The molecule has 0 aliphatic carbocycles. The van der Waals surface area contributed by atoms with Gasteiger partial charge in [-0.3, -0.25) is 19.9 Å². The highest BCUT2D eigenvalue weighted by atomic mass is 19.2. The minimum absolute atomic E-state index is 0.00154. The number of benzene rings is 2. The summed E-state index contributed by atoms with van der Waals surface area (Å²) in [4.78, 5) is 27.0. The standard InChI is InChI=1S/C23H13F4N3O6/c24-17-9-18(25)21(27)22(20(17)26)34-11-15-3-4-19(36-15)23(31)29-12-6-13(30(32)33)8-16(7-12)35-14-2-1-5-28-10-14/h1-10H,11H2,(H,29,31). The zero-order valence-corrected chi connectivity index (χ0v) is 17.8. The first-order chi connectivity index (χ1) is 17.2. The van der Waals surface area contributed by atoms with Crippen molar-refractivity contribution >= 4 is 17.3 Å². The molecule has 0 spiro atoms. The number of hydrogen-bond donors (Lipinski definition) is 1. The van der Waals surface area contributed by atoms with Crippen molar-refractivity contribution < 1.29 is 41.2 Å². The predicted molar refractivity (Wildman–Crippen MR) is 115 cm³/mol. The van der Waals surface area contributed by atoms with Crippen LogP contribution in [0.3, 0.4) is 0 Å². The van der Waals surface area contributed by atoms with Crippen molar-refractivity contribution in [1.82, 2.24) is 4.98 Å². The Kier molecular flexibility index (Phi) is 6.81. The molecule has 0 aliphatic rings. The lowest BCUT2D eigenvalue weighted by Gasteiger charge is -2.09. The quantitative estimate of drug-likeness (QED) is 0.141. The number of carbonyl (C=O) groups is 1. The summed E-state index contributed by atoms with van der Waals surface area (Å²) in [5.74, 6) is -8.91. The summed E-state index contributed by atoms with van der Waals surface area (Å²) in [5, 5.41) is 13.7. The highest BCUT2D eigenvalue weighted by Gasteiger charge is 2.22. The molecule has 0 atom stereocenters. The molecule has 1 N–H and O–H groups in total. The molecule has 4 aromatic rings. The van der Waals surface area contributed by atoms with E-state index in [1.54, 1.807) is 12.1 Å². The van der Waals surface area contributed by atoms with Crippen LogP contribution in [-0.2, 0) is 6.61 Å². The van der Waals surface area contributed by atoms with Crippen LogP contribution in [-0.4, -0.2) is 15.8 Å². The molecule has 36 heavy (non-hydrogen) atoms. The summed E-state index contributed by atoms with van der Waals surface area (Å²) in [5.41, 5.74) is -0.367. The summed E-state index contributed by atoms with van der Waals surface area (Å²) in [7, 11) is 0. The molecule has 4 rings (SSSR count). The Morgan fingerprint density at radius 3 is 2.44 bits per heavy atom. The van der Waals surface area contributed by atoms with Gasteiger partial charge >= 0.3 is 0 Å². The van der Waals surface area contributed by atoms with Crippen LogP contribution in [0.2, 0.25) is 0 Å². The Bertz CT molecular complexity index is 1420. The number of nitrogens with zero attached hydrogens (tertiary/aromatic N) is 2. The molecule has 184 valence electrons. The van der Waals surface area contributed by atoms with E-state index in [9.17, 15) is 32.5 Å². The second kappa shape index (κ2) is 10.1. The Balaban J connectivity index is 1.48. The lowest BCUT2D eigenvalue weighted by molar-refractivity contribution is -0.384. The van der Waals surface area contributed by atoms with Crippen LogP contribution >= 0.6 is 0 Å². The van der Waals surface area contributed by atoms with Crippen molar-refractivity contribution in [2.24, 2.45) is 0 Å². The number of amides is 1. The van der Waals surface area contributed by atoms with Gasteiger partial charge in [-0.2, -0.15) is 8.78 Å². The van der Waals surface area contributed by atoms with Crippen molar-refractivity contribution in [3.05, 3.63) is 106 Å². The van der Waals surface area contributed by atoms with E-state index in [-0.39, 0.29) is 34.7 Å². The van der Waals surface area contributed by atoms with Crippen LogP contribution < -0.4 is 14.8 Å².